The Morgan fingerprint density at radius 2 is 2.17 bits per heavy atom. The summed E-state index contributed by atoms with van der Waals surface area (Å²) in [6, 6.07) is 5.28. The highest BCUT2D eigenvalue weighted by Gasteiger charge is 2.17. The molecule has 0 saturated heterocycles. The van der Waals surface area contributed by atoms with Crippen LogP contribution in [0.2, 0.25) is 0 Å². The molecule has 1 aliphatic carbocycles. The molecule has 0 N–H and O–H groups in total. The van der Waals surface area contributed by atoms with Crippen LogP contribution in [0.15, 0.2) is 12.1 Å². The lowest BCUT2D eigenvalue weighted by Crippen LogP contribution is -1.92. The number of hydrogen-bond donors (Lipinski definition) is 0. The van der Waals surface area contributed by atoms with Crippen molar-refractivity contribution in [3.8, 4) is 6.07 Å². The molecule has 0 heterocycles. The average molecular weight is 161 g/mol. The normalized spacial score (nSPS) is 14.0. The predicted molar refractivity (Wildman–Crippen MR) is 43.1 cm³/mol. The van der Waals surface area contributed by atoms with Crippen molar-refractivity contribution in [2.45, 2.75) is 19.3 Å². The summed E-state index contributed by atoms with van der Waals surface area (Å²) >= 11 is 0. The van der Waals surface area contributed by atoms with Gasteiger partial charge >= 0.3 is 0 Å². The summed E-state index contributed by atoms with van der Waals surface area (Å²) in [5, 5.41) is 8.56. The molecule has 0 spiro atoms. The van der Waals surface area contributed by atoms with Gasteiger partial charge in [0.15, 0.2) is 0 Å². The van der Waals surface area contributed by atoms with Gasteiger partial charge in [-0.1, -0.05) is 6.07 Å². The Balaban J connectivity index is 2.63. The average Bonchev–Trinajstić information content (AvgIpc) is 2.53. The zero-order chi connectivity index (χ0) is 8.55. The molecule has 0 fully saturated rings. The molecule has 1 aromatic carbocycles. The highest BCUT2D eigenvalue weighted by Crippen LogP contribution is 2.26. The van der Waals surface area contributed by atoms with Crippen LogP contribution < -0.4 is 0 Å². The molecule has 0 aliphatic heterocycles. The lowest BCUT2D eigenvalue weighted by Gasteiger charge is -2.00. The molecule has 1 aromatic rings. The van der Waals surface area contributed by atoms with E-state index in [1.807, 2.05) is 12.1 Å². The number of aryl methyl sites for hydroxylation is 1. The lowest BCUT2D eigenvalue weighted by atomic mass is 10.1. The van der Waals surface area contributed by atoms with Crippen LogP contribution >= 0.6 is 0 Å². The molecular formula is C10H8FN. The molecule has 1 nitrogen and oxygen atoms in total. The molecule has 0 unspecified atom stereocenters. The minimum atomic E-state index is -0.299. The summed E-state index contributed by atoms with van der Waals surface area (Å²) in [7, 11) is 0. The van der Waals surface area contributed by atoms with Crippen LogP contribution in [0.25, 0.3) is 0 Å². The van der Waals surface area contributed by atoms with E-state index < -0.39 is 0 Å². The van der Waals surface area contributed by atoms with Crippen molar-refractivity contribution < 1.29 is 4.39 Å². The Kier molecular flexibility index (Phi) is 1.58. The second-order valence-electron chi connectivity index (χ2n) is 3.03. The Hall–Kier alpha value is -1.36. The first kappa shape index (κ1) is 7.30. The van der Waals surface area contributed by atoms with Gasteiger partial charge in [-0.2, -0.15) is 5.26 Å². The fourth-order valence-electron chi connectivity index (χ4n) is 1.71. The van der Waals surface area contributed by atoms with Gasteiger partial charge < -0.3 is 0 Å². The first-order chi connectivity index (χ1) is 5.83. The number of fused-ring (bicyclic) bond motifs is 1. The highest BCUT2D eigenvalue weighted by atomic mass is 19.1. The molecule has 0 amide bonds. The number of halogens is 1. The zero-order valence-electron chi connectivity index (χ0n) is 6.60. The van der Waals surface area contributed by atoms with E-state index in [2.05, 4.69) is 0 Å². The van der Waals surface area contributed by atoms with E-state index in [4.69, 9.17) is 5.26 Å². The molecule has 0 aromatic heterocycles. The minimum Gasteiger partial charge on any atom is -0.205 e. The van der Waals surface area contributed by atoms with E-state index in [1.165, 1.54) is 0 Å². The van der Waals surface area contributed by atoms with Crippen molar-refractivity contribution in [1.29, 1.82) is 5.26 Å². The Bertz CT molecular complexity index is 363. The molecule has 12 heavy (non-hydrogen) atoms. The van der Waals surface area contributed by atoms with Gasteiger partial charge in [0, 0.05) is 0 Å². The molecule has 0 atom stereocenters. The number of nitriles is 1. The fourth-order valence-corrected chi connectivity index (χ4v) is 1.71. The van der Waals surface area contributed by atoms with Gasteiger partial charge in [-0.3, -0.25) is 0 Å². The van der Waals surface area contributed by atoms with Crippen molar-refractivity contribution in [1.82, 2.24) is 0 Å². The summed E-state index contributed by atoms with van der Waals surface area (Å²) in [5.74, 6) is -0.299. The van der Waals surface area contributed by atoms with Crippen molar-refractivity contribution >= 4 is 0 Å². The Labute approximate surface area is 70.4 Å². The Morgan fingerprint density at radius 3 is 2.92 bits per heavy atom. The van der Waals surface area contributed by atoms with Crippen molar-refractivity contribution in [2.24, 2.45) is 0 Å². The summed E-state index contributed by atoms with van der Waals surface area (Å²) in [4.78, 5) is 0. The second-order valence-corrected chi connectivity index (χ2v) is 3.03. The highest BCUT2D eigenvalue weighted by molar-refractivity contribution is 5.42. The quantitative estimate of drug-likeness (QED) is 0.572. The molecule has 2 rings (SSSR count). The number of hydrogen-bond acceptors (Lipinski definition) is 1. The first-order valence-corrected chi connectivity index (χ1v) is 4.03. The third kappa shape index (κ3) is 0.902. The third-order valence-corrected chi connectivity index (χ3v) is 2.33. The van der Waals surface area contributed by atoms with E-state index >= 15 is 0 Å². The van der Waals surface area contributed by atoms with Crippen molar-refractivity contribution in [2.75, 3.05) is 0 Å². The van der Waals surface area contributed by atoms with Gasteiger partial charge in [-0.15, -0.1) is 0 Å². The number of benzene rings is 1. The second kappa shape index (κ2) is 2.60. The molecule has 0 radical (unpaired) electrons. The van der Waals surface area contributed by atoms with Crippen LogP contribution in [0, 0.1) is 17.1 Å². The van der Waals surface area contributed by atoms with Gasteiger partial charge in [0.2, 0.25) is 0 Å². The fraction of sp³-hybridized carbons (Fsp3) is 0.300. The standard InChI is InChI=1S/C10H8FN/c11-10-8(6-12)5-4-7-2-1-3-9(7)10/h4-5H,1-3H2. The van der Waals surface area contributed by atoms with Crippen LogP contribution in [-0.4, -0.2) is 0 Å². The van der Waals surface area contributed by atoms with Gasteiger partial charge in [0.05, 0.1) is 5.56 Å². The summed E-state index contributed by atoms with van der Waals surface area (Å²) in [6.45, 7) is 0. The van der Waals surface area contributed by atoms with Crippen LogP contribution in [0.1, 0.15) is 23.1 Å². The number of rotatable bonds is 0. The topological polar surface area (TPSA) is 23.8 Å². The maximum Gasteiger partial charge on any atom is 0.144 e. The van der Waals surface area contributed by atoms with Gasteiger partial charge in [-0.05, 0) is 36.5 Å². The molecule has 1 aliphatic rings. The van der Waals surface area contributed by atoms with E-state index in [9.17, 15) is 4.39 Å². The van der Waals surface area contributed by atoms with Crippen molar-refractivity contribution in [3.63, 3.8) is 0 Å². The Morgan fingerprint density at radius 1 is 1.33 bits per heavy atom. The number of nitrogens with zero attached hydrogens (tertiary/aromatic N) is 1. The zero-order valence-corrected chi connectivity index (χ0v) is 6.60. The molecule has 2 heteroatoms. The molecule has 0 bridgehead atoms. The van der Waals surface area contributed by atoms with E-state index in [-0.39, 0.29) is 11.4 Å². The molecule has 0 saturated carbocycles. The maximum absolute atomic E-state index is 13.4. The van der Waals surface area contributed by atoms with E-state index in [1.54, 1.807) is 6.07 Å². The van der Waals surface area contributed by atoms with Crippen LogP contribution in [0.5, 0.6) is 0 Å². The largest absolute Gasteiger partial charge is 0.205 e. The SMILES string of the molecule is N#Cc1ccc2c(c1F)CCC2. The van der Waals surface area contributed by atoms with Gasteiger partial charge in [-0.25, -0.2) is 4.39 Å². The van der Waals surface area contributed by atoms with Crippen molar-refractivity contribution in [3.05, 3.63) is 34.6 Å². The first-order valence-electron chi connectivity index (χ1n) is 4.03. The van der Waals surface area contributed by atoms with Gasteiger partial charge in [0.25, 0.3) is 0 Å². The van der Waals surface area contributed by atoms with Crippen LogP contribution in [0.4, 0.5) is 4.39 Å². The van der Waals surface area contributed by atoms with E-state index in [0.29, 0.717) is 0 Å². The monoisotopic (exact) mass is 161 g/mol. The van der Waals surface area contributed by atoms with Gasteiger partial charge in [0.1, 0.15) is 11.9 Å². The molecule has 60 valence electrons. The maximum atomic E-state index is 13.4. The minimum absolute atomic E-state index is 0.177. The predicted octanol–water partition coefficient (Wildman–Crippen LogP) is 2.19. The van der Waals surface area contributed by atoms with E-state index in [0.717, 1.165) is 30.4 Å². The smallest absolute Gasteiger partial charge is 0.144 e. The summed E-state index contributed by atoms with van der Waals surface area (Å²) in [5.41, 5.74) is 2.01. The third-order valence-electron chi connectivity index (χ3n) is 2.33. The summed E-state index contributed by atoms with van der Waals surface area (Å²) < 4.78 is 13.4. The van der Waals surface area contributed by atoms with Crippen LogP contribution in [-0.2, 0) is 12.8 Å². The molecular weight excluding hydrogens is 153 g/mol. The summed E-state index contributed by atoms with van der Waals surface area (Å²) in [6.07, 6.45) is 2.76. The lowest BCUT2D eigenvalue weighted by molar-refractivity contribution is 0.609. The van der Waals surface area contributed by atoms with Crippen LogP contribution in [0.3, 0.4) is 0 Å².